The van der Waals surface area contributed by atoms with Crippen LogP contribution in [0.4, 0.5) is 0 Å². The van der Waals surface area contributed by atoms with E-state index >= 15 is 0 Å². The third-order valence-corrected chi connectivity index (χ3v) is 4.82. The van der Waals surface area contributed by atoms with Crippen LogP contribution in [0.3, 0.4) is 0 Å². The molecule has 2 N–H and O–H groups in total. The zero-order chi connectivity index (χ0) is 13.1. The summed E-state index contributed by atoms with van der Waals surface area (Å²) < 4.78 is 3.21. The number of nitrogens with zero attached hydrogens (tertiary/aromatic N) is 2. The van der Waals surface area contributed by atoms with Gasteiger partial charge in [-0.1, -0.05) is 13.8 Å². The quantitative estimate of drug-likeness (QED) is 0.914. The van der Waals surface area contributed by atoms with Crippen LogP contribution < -0.4 is 5.73 Å². The lowest BCUT2D eigenvalue weighted by atomic mass is 10.2. The highest BCUT2D eigenvalue weighted by atomic mass is 79.9. The summed E-state index contributed by atoms with van der Waals surface area (Å²) in [7, 11) is 0. The fraction of sp³-hybridized carbons (Fsp3) is 0.462. The number of thiophene rings is 1. The van der Waals surface area contributed by atoms with E-state index in [1.54, 1.807) is 11.3 Å². The monoisotopic (exact) mass is 327 g/mol. The first-order valence-corrected chi connectivity index (χ1v) is 7.88. The van der Waals surface area contributed by atoms with E-state index in [-0.39, 0.29) is 6.04 Å². The third kappa shape index (κ3) is 2.68. The van der Waals surface area contributed by atoms with Crippen molar-refractivity contribution in [3.05, 3.63) is 38.3 Å². The van der Waals surface area contributed by atoms with E-state index in [1.165, 1.54) is 10.6 Å². The van der Waals surface area contributed by atoms with Crippen molar-refractivity contribution in [1.82, 2.24) is 9.78 Å². The van der Waals surface area contributed by atoms with Crippen molar-refractivity contribution in [2.45, 2.75) is 32.7 Å². The van der Waals surface area contributed by atoms with Crippen LogP contribution in [0, 0.1) is 0 Å². The summed E-state index contributed by atoms with van der Waals surface area (Å²) in [4.78, 5) is 1.25. The van der Waals surface area contributed by atoms with Crippen molar-refractivity contribution >= 4 is 27.3 Å². The highest BCUT2D eigenvalue weighted by molar-refractivity contribution is 9.10. The summed E-state index contributed by atoms with van der Waals surface area (Å²) in [6.45, 7) is 4.86. The summed E-state index contributed by atoms with van der Waals surface area (Å²) in [5.41, 5.74) is 8.35. The van der Waals surface area contributed by atoms with Gasteiger partial charge in [0.1, 0.15) is 0 Å². The van der Waals surface area contributed by atoms with E-state index in [4.69, 9.17) is 5.73 Å². The zero-order valence-electron chi connectivity index (χ0n) is 10.7. The second-order valence-corrected chi connectivity index (χ2v) is 6.06. The van der Waals surface area contributed by atoms with E-state index in [0.717, 1.165) is 23.0 Å². The molecule has 0 spiro atoms. The van der Waals surface area contributed by atoms with Crippen molar-refractivity contribution in [2.24, 2.45) is 5.73 Å². The van der Waals surface area contributed by atoms with Gasteiger partial charge in [0.05, 0.1) is 11.7 Å². The highest BCUT2D eigenvalue weighted by Crippen LogP contribution is 2.28. The van der Waals surface area contributed by atoms with Gasteiger partial charge in [0.2, 0.25) is 0 Å². The van der Waals surface area contributed by atoms with E-state index < -0.39 is 0 Å². The first-order chi connectivity index (χ1) is 8.69. The molecule has 2 aromatic rings. The van der Waals surface area contributed by atoms with Gasteiger partial charge in [-0.15, -0.1) is 11.3 Å². The Hall–Kier alpha value is -0.650. The Labute approximate surface area is 120 Å². The molecule has 0 saturated heterocycles. The molecule has 1 unspecified atom stereocenters. The van der Waals surface area contributed by atoms with Crippen molar-refractivity contribution in [1.29, 1.82) is 0 Å². The number of halogens is 1. The normalized spacial score (nSPS) is 12.9. The second kappa shape index (κ2) is 5.99. The summed E-state index contributed by atoms with van der Waals surface area (Å²) in [6, 6.07) is 4.47. The molecule has 0 aliphatic rings. The molecule has 5 heteroatoms. The minimum atomic E-state index is 0.150. The van der Waals surface area contributed by atoms with Crippen LogP contribution in [0.2, 0.25) is 0 Å². The molecule has 0 amide bonds. The Morgan fingerprint density at radius 3 is 2.67 bits per heavy atom. The molecule has 98 valence electrons. The smallest absolute Gasteiger partial charge is 0.0985 e. The molecular formula is C13H18BrN3S. The Morgan fingerprint density at radius 1 is 1.39 bits per heavy atom. The first kappa shape index (κ1) is 13.8. The molecule has 1 atom stereocenters. The van der Waals surface area contributed by atoms with Crippen LogP contribution in [-0.4, -0.2) is 16.3 Å². The Morgan fingerprint density at radius 2 is 2.17 bits per heavy atom. The van der Waals surface area contributed by atoms with Crippen molar-refractivity contribution in [3.63, 3.8) is 0 Å². The van der Waals surface area contributed by atoms with Gasteiger partial charge in [0.25, 0.3) is 0 Å². The van der Waals surface area contributed by atoms with Crippen LogP contribution in [0.15, 0.2) is 22.0 Å². The second-order valence-electron chi connectivity index (χ2n) is 4.20. The lowest BCUT2D eigenvalue weighted by molar-refractivity contribution is 0.514. The molecule has 3 nitrogen and oxygen atoms in total. The molecule has 0 aliphatic heterocycles. The molecule has 0 saturated carbocycles. The largest absolute Gasteiger partial charge is 0.328 e. The van der Waals surface area contributed by atoms with Gasteiger partial charge >= 0.3 is 0 Å². The lowest BCUT2D eigenvalue weighted by Crippen LogP contribution is -2.22. The minimum absolute atomic E-state index is 0.150. The molecule has 0 aliphatic carbocycles. The van der Waals surface area contributed by atoms with Gasteiger partial charge in [-0.3, -0.25) is 4.68 Å². The van der Waals surface area contributed by atoms with Gasteiger partial charge in [0.15, 0.2) is 0 Å². The van der Waals surface area contributed by atoms with E-state index in [2.05, 4.69) is 57.1 Å². The van der Waals surface area contributed by atoms with Gasteiger partial charge in [0, 0.05) is 27.0 Å². The lowest BCUT2D eigenvalue weighted by Gasteiger charge is -2.16. The molecular weight excluding hydrogens is 310 g/mol. The maximum absolute atomic E-state index is 5.95. The number of rotatable bonds is 5. The number of nitrogens with two attached hydrogens (primary N) is 1. The Bertz CT molecular complexity index is 518. The van der Waals surface area contributed by atoms with Crippen LogP contribution in [-0.2, 0) is 12.8 Å². The van der Waals surface area contributed by atoms with Crippen molar-refractivity contribution in [3.8, 4) is 0 Å². The average molecular weight is 328 g/mol. The number of aryl methyl sites for hydroxylation is 2. The van der Waals surface area contributed by atoms with E-state index in [9.17, 15) is 0 Å². The predicted molar refractivity (Wildman–Crippen MR) is 80.2 cm³/mol. The summed E-state index contributed by atoms with van der Waals surface area (Å²) in [5.74, 6) is 0. The van der Waals surface area contributed by atoms with Crippen molar-refractivity contribution < 1.29 is 0 Å². The standard InChI is InChI=1S/C13H18BrN3S/c1-3-10-6-11(4-2)17(16-10)12(7-15)13-5-9(14)8-18-13/h5-6,8,12H,3-4,7,15H2,1-2H3. The maximum atomic E-state index is 5.95. The van der Waals surface area contributed by atoms with Crippen LogP contribution in [0.1, 0.15) is 36.2 Å². The molecule has 2 heterocycles. The van der Waals surface area contributed by atoms with Gasteiger partial charge in [-0.05, 0) is 40.9 Å². The molecule has 0 bridgehead atoms. The predicted octanol–water partition coefficient (Wildman–Crippen LogP) is 3.38. The van der Waals surface area contributed by atoms with Gasteiger partial charge in [-0.2, -0.15) is 5.10 Å². The molecule has 0 radical (unpaired) electrons. The van der Waals surface area contributed by atoms with E-state index in [0.29, 0.717) is 6.54 Å². The summed E-state index contributed by atoms with van der Waals surface area (Å²) in [5, 5.41) is 6.78. The molecule has 0 fully saturated rings. The summed E-state index contributed by atoms with van der Waals surface area (Å²) >= 11 is 5.22. The van der Waals surface area contributed by atoms with E-state index in [1.807, 2.05) is 0 Å². The van der Waals surface area contributed by atoms with Crippen LogP contribution >= 0.6 is 27.3 Å². The highest BCUT2D eigenvalue weighted by Gasteiger charge is 2.18. The molecule has 18 heavy (non-hydrogen) atoms. The van der Waals surface area contributed by atoms with Crippen LogP contribution in [0.5, 0.6) is 0 Å². The van der Waals surface area contributed by atoms with Crippen molar-refractivity contribution in [2.75, 3.05) is 6.54 Å². The fourth-order valence-corrected chi connectivity index (χ4v) is 3.58. The maximum Gasteiger partial charge on any atom is 0.0985 e. The number of hydrogen-bond acceptors (Lipinski definition) is 3. The van der Waals surface area contributed by atoms with Gasteiger partial charge in [-0.25, -0.2) is 0 Å². The Kier molecular flexibility index (Phi) is 4.59. The average Bonchev–Trinajstić information content (AvgIpc) is 2.97. The SMILES string of the molecule is CCc1cc(CC)n(C(CN)c2cc(Br)cs2)n1. The molecule has 2 rings (SSSR count). The zero-order valence-corrected chi connectivity index (χ0v) is 13.1. The fourth-order valence-electron chi connectivity index (χ4n) is 2.04. The molecule has 0 aromatic carbocycles. The minimum Gasteiger partial charge on any atom is -0.328 e. The first-order valence-electron chi connectivity index (χ1n) is 6.20. The molecule has 2 aromatic heterocycles. The Balaban J connectivity index is 2.40. The number of aromatic nitrogens is 2. The van der Waals surface area contributed by atoms with Crippen LogP contribution in [0.25, 0.3) is 0 Å². The third-order valence-electron chi connectivity index (χ3n) is 3.02. The number of hydrogen-bond donors (Lipinski definition) is 1. The topological polar surface area (TPSA) is 43.8 Å². The summed E-state index contributed by atoms with van der Waals surface area (Å²) in [6.07, 6.45) is 1.95. The van der Waals surface area contributed by atoms with Gasteiger partial charge < -0.3 is 5.73 Å².